The van der Waals surface area contributed by atoms with E-state index in [0.29, 0.717) is 19.6 Å². The lowest BCUT2D eigenvalue weighted by Gasteiger charge is -2.26. The van der Waals surface area contributed by atoms with Crippen LogP contribution in [0.25, 0.3) is 0 Å². The summed E-state index contributed by atoms with van der Waals surface area (Å²) in [6, 6.07) is 8.61. The van der Waals surface area contributed by atoms with Crippen molar-refractivity contribution in [2.45, 2.75) is 63.5 Å². The zero-order valence-corrected chi connectivity index (χ0v) is 18.9. The summed E-state index contributed by atoms with van der Waals surface area (Å²) in [4.78, 5) is 28.3. The average molecular weight is 406 g/mol. The van der Waals surface area contributed by atoms with Gasteiger partial charge in [-0.3, -0.25) is 4.79 Å². The quantitative estimate of drug-likeness (QED) is 0.732. The minimum Gasteiger partial charge on any atom is -0.338 e. The van der Waals surface area contributed by atoms with E-state index in [-0.39, 0.29) is 28.0 Å². The largest absolute Gasteiger partial charge is 0.338 e. The summed E-state index contributed by atoms with van der Waals surface area (Å²) < 4.78 is 0. The molecule has 2 rings (SSSR count). The number of amides is 3. The van der Waals surface area contributed by atoms with Crippen molar-refractivity contribution in [1.82, 2.24) is 15.1 Å². The lowest BCUT2D eigenvalue weighted by atomic mass is 9.86. The first-order valence-electron chi connectivity index (χ1n) is 10.2. The molecule has 0 unspecified atom stereocenters. The number of carbonyl (C=O) groups is 2. The second kappa shape index (κ2) is 9.68. The van der Waals surface area contributed by atoms with E-state index in [1.165, 1.54) is 11.1 Å². The molecule has 0 aliphatic carbocycles. The number of nitrogens with zero attached hydrogens (tertiary/aromatic N) is 2. The van der Waals surface area contributed by atoms with Gasteiger partial charge in [0.15, 0.2) is 0 Å². The molecule has 0 saturated carbocycles. The molecule has 1 saturated heterocycles. The Bertz CT molecular complexity index is 669. The SMILES string of the molecule is CCCNC(=O)N(C)CCCN1C(=O)[C@@H](C)S[C@@H]1c1ccc(C(C)(C)C)cc1. The Morgan fingerprint density at radius 1 is 1.25 bits per heavy atom. The third-order valence-corrected chi connectivity index (χ3v) is 6.47. The molecule has 0 aromatic heterocycles. The Hall–Kier alpha value is -1.69. The van der Waals surface area contributed by atoms with Gasteiger partial charge in [0, 0.05) is 26.7 Å². The third-order valence-electron chi connectivity index (χ3n) is 5.07. The zero-order chi connectivity index (χ0) is 20.9. The van der Waals surface area contributed by atoms with E-state index in [4.69, 9.17) is 0 Å². The highest BCUT2D eigenvalue weighted by Crippen LogP contribution is 2.43. The van der Waals surface area contributed by atoms with E-state index < -0.39 is 0 Å². The molecular weight excluding hydrogens is 370 g/mol. The number of nitrogens with one attached hydrogen (secondary N) is 1. The van der Waals surface area contributed by atoms with Crippen LogP contribution in [0.2, 0.25) is 0 Å². The number of hydrogen-bond acceptors (Lipinski definition) is 3. The smallest absolute Gasteiger partial charge is 0.317 e. The number of hydrogen-bond donors (Lipinski definition) is 1. The second-order valence-corrected chi connectivity index (χ2v) is 9.97. The van der Waals surface area contributed by atoms with Crippen LogP contribution in [0.3, 0.4) is 0 Å². The monoisotopic (exact) mass is 405 g/mol. The van der Waals surface area contributed by atoms with Gasteiger partial charge in [-0.2, -0.15) is 0 Å². The van der Waals surface area contributed by atoms with Gasteiger partial charge in [0.05, 0.1) is 5.25 Å². The fourth-order valence-corrected chi connectivity index (χ4v) is 4.56. The molecule has 0 bridgehead atoms. The Labute approximate surface area is 174 Å². The van der Waals surface area contributed by atoms with Crippen molar-refractivity contribution < 1.29 is 9.59 Å². The predicted molar refractivity (Wildman–Crippen MR) is 118 cm³/mol. The van der Waals surface area contributed by atoms with Gasteiger partial charge in [-0.1, -0.05) is 52.0 Å². The van der Waals surface area contributed by atoms with Crippen molar-refractivity contribution in [2.24, 2.45) is 0 Å². The average Bonchev–Trinajstić information content (AvgIpc) is 2.93. The summed E-state index contributed by atoms with van der Waals surface area (Å²) in [6.07, 6.45) is 1.69. The van der Waals surface area contributed by atoms with Crippen molar-refractivity contribution in [1.29, 1.82) is 0 Å². The van der Waals surface area contributed by atoms with Gasteiger partial charge in [0.1, 0.15) is 5.37 Å². The fraction of sp³-hybridized carbons (Fsp3) is 0.636. The molecule has 0 spiro atoms. The van der Waals surface area contributed by atoms with Gasteiger partial charge in [0.2, 0.25) is 5.91 Å². The maximum atomic E-state index is 12.7. The molecule has 1 aromatic carbocycles. The third kappa shape index (κ3) is 5.66. The van der Waals surface area contributed by atoms with Crippen LogP contribution in [0.4, 0.5) is 4.79 Å². The molecule has 5 nitrogen and oxygen atoms in total. The fourth-order valence-electron chi connectivity index (χ4n) is 3.25. The lowest BCUT2D eigenvalue weighted by Crippen LogP contribution is -2.39. The molecule has 1 N–H and O–H groups in total. The van der Waals surface area contributed by atoms with Crippen LogP contribution in [0.1, 0.15) is 64.0 Å². The first-order valence-corrected chi connectivity index (χ1v) is 11.1. The van der Waals surface area contributed by atoms with Gasteiger partial charge >= 0.3 is 6.03 Å². The van der Waals surface area contributed by atoms with Crippen molar-refractivity contribution in [2.75, 3.05) is 26.7 Å². The molecule has 1 aliphatic heterocycles. The lowest BCUT2D eigenvalue weighted by molar-refractivity contribution is -0.129. The molecule has 156 valence electrons. The molecule has 2 atom stereocenters. The molecule has 28 heavy (non-hydrogen) atoms. The highest BCUT2D eigenvalue weighted by atomic mass is 32.2. The van der Waals surface area contributed by atoms with E-state index in [1.54, 1.807) is 23.7 Å². The molecule has 6 heteroatoms. The second-order valence-electron chi connectivity index (χ2n) is 8.54. The van der Waals surface area contributed by atoms with Crippen LogP contribution >= 0.6 is 11.8 Å². The Morgan fingerprint density at radius 3 is 2.46 bits per heavy atom. The summed E-state index contributed by atoms with van der Waals surface area (Å²) in [5, 5.41) is 2.90. The molecule has 1 aromatic rings. The molecule has 3 amide bonds. The van der Waals surface area contributed by atoms with Gasteiger partial charge in [-0.05, 0) is 36.3 Å². The zero-order valence-electron chi connectivity index (χ0n) is 18.1. The van der Waals surface area contributed by atoms with Crippen LogP contribution in [0, 0.1) is 0 Å². The summed E-state index contributed by atoms with van der Waals surface area (Å²) in [5.41, 5.74) is 2.59. The van der Waals surface area contributed by atoms with Crippen LogP contribution in [-0.2, 0) is 10.2 Å². The minimum atomic E-state index is -0.0494. The summed E-state index contributed by atoms with van der Waals surface area (Å²) >= 11 is 1.71. The molecule has 1 fully saturated rings. The molecule has 0 radical (unpaired) electrons. The van der Waals surface area contributed by atoms with Gasteiger partial charge in [-0.15, -0.1) is 11.8 Å². The van der Waals surface area contributed by atoms with Crippen LogP contribution in [0.15, 0.2) is 24.3 Å². The Balaban J connectivity index is 1.99. The number of rotatable bonds is 7. The topological polar surface area (TPSA) is 52.7 Å². The Morgan fingerprint density at radius 2 is 1.89 bits per heavy atom. The van der Waals surface area contributed by atoms with Crippen molar-refractivity contribution >= 4 is 23.7 Å². The maximum absolute atomic E-state index is 12.7. The van der Waals surface area contributed by atoms with Crippen LogP contribution in [0.5, 0.6) is 0 Å². The summed E-state index contributed by atoms with van der Waals surface area (Å²) in [5.74, 6) is 0.188. The highest BCUT2D eigenvalue weighted by Gasteiger charge is 2.38. The first-order chi connectivity index (χ1) is 13.1. The Kier molecular flexibility index (Phi) is 7.81. The van der Waals surface area contributed by atoms with Crippen LogP contribution in [-0.4, -0.2) is 53.7 Å². The number of urea groups is 1. The van der Waals surface area contributed by atoms with E-state index in [2.05, 4.69) is 50.4 Å². The standard InChI is InChI=1S/C22H35N3O2S/c1-7-13-23-21(27)24(6)14-8-15-25-19(26)16(2)28-20(25)17-9-11-18(12-10-17)22(3,4)5/h9-12,16,20H,7-8,13-15H2,1-6H3,(H,23,27)/t16-,20-/m1/s1. The summed E-state index contributed by atoms with van der Waals surface area (Å²) in [7, 11) is 1.80. The maximum Gasteiger partial charge on any atom is 0.317 e. The van der Waals surface area contributed by atoms with E-state index in [0.717, 1.165) is 12.8 Å². The van der Waals surface area contributed by atoms with E-state index >= 15 is 0 Å². The van der Waals surface area contributed by atoms with Crippen molar-refractivity contribution in [3.05, 3.63) is 35.4 Å². The molecular formula is C22H35N3O2S. The first kappa shape index (κ1) is 22.6. The van der Waals surface area contributed by atoms with Gasteiger partial charge in [0.25, 0.3) is 0 Å². The highest BCUT2D eigenvalue weighted by molar-refractivity contribution is 8.01. The molecule has 1 heterocycles. The predicted octanol–water partition coefficient (Wildman–Crippen LogP) is 4.39. The summed E-state index contributed by atoms with van der Waals surface area (Å²) in [6.45, 7) is 12.6. The number of thioether (sulfide) groups is 1. The number of benzene rings is 1. The van der Waals surface area contributed by atoms with Crippen molar-refractivity contribution in [3.8, 4) is 0 Å². The number of carbonyl (C=O) groups excluding carboxylic acids is 2. The van der Waals surface area contributed by atoms with Crippen LogP contribution < -0.4 is 5.32 Å². The van der Waals surface area contributed by atoms with Gasteiger partial charge in [-0.25, -0.2) is 4.79 Å². The van der Waals surface area contributed by atoms with E-state index in [9.17, 15) is 9.59 Å². The minimum absolute atomic E-state index is 0.0297. The normalized spacial score (nSPS) is 19.8. The van der Waals surface area contributed by atoms with Crippen molar-refractivity contribution in [3.63, 3.8) is 0 Å². The molecule has 1 aliphatic rings. The van der Waals surface area contributed by atoms with Gasteiger partial charge < -0.3 is 15.1 Å². The van der Waals surface area contributed by atoms with E-state index in [1.807, 2.05) is 18.7 Å².